The van der Waals surface area contributed by atoms with Crippen molar-refractivity contribution in [2.24, 2.45) is 0 Å². The summed E-state index contributed by atoms with van der Waals surface area (Å²) in [6, 6.07) is 20.9. The van der Waals surface area contributed by atoms with E-state index in [1.807, 2.05) is 12.1 Å². The lowest BCUT2D eigenvalue weighted by molar-refractivity contribution is 0.155. The van der Waals surface area contributed by atoms with Crippen LogP contribution in [0.5, 0.6) is 5.75 Å². The highest BCUT2D eigenvalue weighted by Crippen LogP contribution is 2.48. The minimum atomic E-state index is -4.04. The van der Waals surface area contributed by atoms with Gasteiger partial charge < -0.3 is 4.74 Å². The van der Waals surface area contributed by atoms with Crippen LogP contribution in [-0.4, -0.2) is 53.0 Å². The second kappa shape index (κ2) is 9.51. The van der Waals surface area contributed by atoms with Gasteiger partial charge in [0.1, 0.15) is 23.2 Å². The first-order chi connectivity index (χ1) is 19.5. The number of pyridine rings is 1. The first kappa shape index (κ1) is 24.9. The Morgan fingerprint density at radius 1 is 1.00 bits per heavy atom. The molecule has 8 nitrogen and oxygen atoms in total. The van der Waals surface area contributed by atoms with E-state index in [0.717, 1.165) is 17.5 Å². The predicted molar refractivity (Wildman–Crippen MR) is 149 cm³/mol. The number of hydrogen-bond donors (Lipinski definition) is 1. The Morgan fingerprint density at radius 2 is 1.82 bits per heavy atom. The Hall–Kier alpha value is -4.12. The van der Waals surface area contributed by atoms with Crippen molar-refractivity contribution in [3.8, 4) is 17.0 Å². The molecule has 1 N–H and O–H groups in total. The molecule has 202 valence electrons. The van der Waals surface area contributed by atoms with Crippen LogP contribution in [0.3, 0.4) is 0 Å². The van der Waals surface area contributed by atoms with Gasteiger partial charge in [-0.05, 0) is 66.1 Å². The van der Waals surface area contributed by atoms with Crippen LogP contribution in [0.15, 0.2) is 90.1 Å². The molecular weight excluding hydrogens is 529 g/mol. The lowest BCUT2D eigenvalue weighted by atomic mass is 9.93. The largest absolute Gasteiger partial charge is 0.494 e. The number of nitrogens with one attached hydrogen (secondary N) is 1. The molecule has 2 aliphatic heterocycles. The summed E-state index contributed by atoms with van der Waals surface area (Å²) in [5.74, 6) is 0.162. The number of fused-ring (bicyclic) bond motifs is 4. The smallest absolute Gasteiger partial charge is 0.245 e. The molecule has 10 heteroatoms. The number of sulfonamides is 1. The van der Waals surface area contributed by atoms with Gasteiger partial charge in [0.05, 0.1) is 29.9 Å². The van der Waals surface area contributed by atoms with E-state index >= 15 is 0 Å². The summed E-state index contributed by atoms with van der Waals surface area (Å²) in [4.78, 5) is 6.83. The molecule has 0 radical (unpaired) electrons. The number of H-pyrrole nitrogens is 1. The molecule has 5 aromatic rings. The summed E-state index contributed by atoms with van der Waals surface area (Å²) in [5.41, 5.74) is 4.95. The lowest BCUT2D eigenvalue weighted by Gasteiger charge is -2.35. The quantitative estimate of drug-likeness (QED) is 0.326. The van der Waals surface area contributed by atoms with Crippen molar-refractivity contribution in [3.63, 3.8) is 0 Å². The molecule has 1 fully saturated rings. The van der Waals surface area contributed by atoms with Crippen LogP contribution in [0, 0.1) is 5.82 Å². The van der Waals surface area contributed by atoms with Crippen molar-refractivity contribution in [1.82, 2.24) is 24.4 Å². The number of benzene rings is 3. The van der Waals surface area contributed by atoms with Crippen LogP contribution >= 0.6 is 0 Å². The van der Waals surface area contributed by atoms with Crippen molar-refractivity contribution >= 4 is 20.9 Å². The Balaban J connectivity index is 1.41. The van der Waals surface area contributed by atoms with Crippen LogP contribution in [0.2, 0.25) is 0 Å². The highest BCUT2D eigenvalue weighted by atomic mass is 32.2. The van der Waals surface area contributed by atoms with Crippen LogP contribution in [0.4, 0.5) is 4.39 Å². The highest BCUT2D eigenvalue weighted by molar-refractivity contribution is 7.89. The van der Waals surface area contributed by atoms with Crippen LogP contribution in [0.1, 0.15) is 28.9 Å². The molecular formula is C30H26FN5O3S. The number of ether oxygens (including phenoxy) is 1. The Kier molecular flexibility index (Phi) is 5.92. The monoisotopic (exact) mass is 555 g/mol. The Bertz CT molecular complexity index is 1840. The average molecular weight is 556 g/mol. The number of nitrogens with zero attached hydrogens (tertiary/aromatic N) is 4. The second-order valence-corrected chi connectivity index (χ2v) is 11.9. The van der Waals surface area contributed by atoms with E-state index in [0.29, 0.717) is 34.5 Å². The minimum absolute atomic E-state index is 0.136. The fourth-order valence-electron chi connectivity index (χ4n) is 6.14. The van der Waals surface area contributed by atoms with Gasteiger partial charge in [-0.2, -0.15) is 9.40 Å². The van der Waals surface area contributed by atoms with Gasteiger partial charge in [0, 0.05) is 35.8 Å². The summed E-state index contributed by atoms with van der Waals surface area (Å²) in [6.07, 6.45) is 3.48. The van der Waals surface area contributed by atoms with Gasteiger partial charge in [0.15, 0.2) is 0 Å². The third-order valence-corrected chi connectivity index (χ3v) is 9.85. The van der Waals surface area contributed by atoms with Crippen molar-refractivity contribution in [2.75, 3.05) is 20.2 Å². The zero-order chi connectivity index (χ0) is 27.4. The van der Waals surface area contributed by atoms with Gasteiger partial charge in [-0.25, -0.2) is 12.8 Å². The standard InChI is InChI=1S/C30H26FN5O3S/c1-39-26-12-13-27(23-7-4-15-32-29(23)26)40(37,38)36-18-25-22-6-3-2-5-19(22)14-16-35(25)30(36)24-17-33-34-28(24)20-8-10-21(31)11-9-20/h2-13,15,17,25,30H,14,16,18H2,1H3,(H,33,34)/t25-,30-/m1/s1. The van der Waals surface area contributed by atoms with E-state index in [4.69, 9.17) is 4.74 Å². The Morgan fingerprint density at radius 3 is 2.65 bits per heavy atom. The third-order valence-electron chi connectivity index (χ3n) is 7.97. The molecule has 0 unspecified atom stereocenters. The number of methoxy groups -OCH3 is 1. The highest BCUT2D eigenvalue weighted by Gasteiger charge is 2.50. The number of aromatic amines is 1. The van der Waals surface area contributed by atoms with E-state index in [-0.39, 0.29) is 23.3 Å². The van der Waals surface area contributed by atoms with Crippen LogP contribution < -0.4 is 4.74 Å². The molecule has 0 amide bonds. The maximum absolute atomic E-state index is 14.7. The maximum atomic E-state index is 14.7. The first-order valence-corrected chi connectivity index (χ1v) is 14.5. The zero-order valence-electron chi connectivity index (χ0n) is 21.7. The van der Waals surface area contributed by atoms with Crippen molar-refractivity contribution in [3.05, 3.63) is 108 Å². The summed E-state index contributed by atoms with van der Waals surface area (Å²) in [5, 5.41) is 7.86. The van der Waals surface area contributed by atoms with Gasteiger partial charge in [-0.1, -0.05) is 24.3 Å². The van der Waals surface area contributed by atoms with Gasteiger partial charge in [-0.3, -0.25) is 15.0 Å². The topological polar surface area (TPSA) is 91.4 Å². The summed E-state index contributed by atoms with van der Waals surface area (Å²) >= 11 is 0. The van der Waals surface area contributed by atoms with Crippen LogP contribution in [-0.2, 0) is 16.4 Å². The molecule has 7 rings (SSSR count). The lowest BCUT2D eigenvalue weighted by Crippen LogP contribution is -2.37. The SMILES string of the molecule is COc1ccc(S(=O)(=O)N2C[C@@H]3c4ccccc4CCN3[C@H]2c2cn[nH]c2-c2ccc(F)cc2)c2cccnc12. The predicted octanol–water partition coefficient (Wildman–Crippen LogP) is 5.08. The van der Waals surface area contributed by atoms with E-state index in [1.54, 1.807) is 60.2 Å². The van der Waals surface area contributed by atoms with Gasteiger partial charge >= 0.3 is 0 Å². The number of rotatable bonds is 5. The van der Waals surface area contributed by atoms with Gasteiger partial charge in [0.2, 0.25) is 10.0 Å². The molecule has 0 saturated carbocycles. The van der Waals surface area contributed by atoms with Crippen LogP contribution in [0.25, 0.3) is 22.2 Å². The third kappa shape index (κ3) is 3.82. The van der Waals surface area contributed by atoms with E-state index in [1.165, 1.54) is 17.7 Å². The molecule has 40 heavy (non-hydrogen) atoms. The zero-order valence-corrected chi connectivity index (χ0v) is 22.5. The number of halogens is 1. The summed E-state index contributed by atoms with van der Waals surface area (Å²) in [6.45, 7) is 0.948. The van der Waals surface area contributed by atoms with Crippen molar-refractivity contribution in [2.45, 2.75) is 23.5 Å². The van der Waals surface area contributed by atoms with E-state index in [9.17, 15) is 12.8 Å². The van der Waals surface area contributed by atoms with E-state index < -0.39 is 16.2 Å². The van der Waals surface area contributed by atoms with Gasteiger partial charge in [0.25, 0.3) is 0 Å². The average Bonchev–Trinajstić information content (AvgIpc) is 3.62. The minimum Gasteiger partial charge on any atom is -0.494 e. The first-order valence-electron chi connectivity index (χ1n) is 13.0. The Labute approximate surface area is 231 Å². The molecule has 4 heterocycles. The molecule has 2 aliphatic rings. The fraction of sp³-hybridized carbons (Fsp3) is 0.200. The molecule has 1 saturated heterocycles. The molecule has 3 aromatic carbocycles. The van der Waals surface area contributed by atoms with Gasteiger partial charge in [-0.15, -0.1) is 0 Å². The number of aromatic nitrogens is 3. The molecule has 2 atom stereocenters. The van der Waals surface area contributed by atoms with E-state index in [2.05, 4.69) is 32.2 Å². The second-order valence-electron chi connectivity index (χ2n) is 10.0. The summed E-state index contributed by atoms with van der Waals surface area (Å²) in [7, 11) is -2.50. The maximum Gasteiger partial charge on any atom is 0.245 e. The normalized spacial score (nSPS) is 19.4. The molecule has 0 spiro atoms. The molecule has 0 bridgehead atoms. The van der Waals surface area contributed by atoms with Crippen molar-refractivity contribution < 1.29 is 17.5 Å². The number of hydrogen-bond acceptors (Lipinski definition) is 6. The summed E-state index contributed by atoms with van der Waals surface area (Å²) < 4.78 is 50.1. The molecule has 0 aliphatic carbocycles. The fourth-order valence-corrected chi connectivity index (χ4v) is 7.91. The molecule has 2 aromatic heterocycles. The van der Waals surface area contributed by atoms with Crippen molar-refractivity contribution in [1.29, 1.82) is 0 Å².